The Morgan fingerprint density at radius 1 is 0.800 bits per heavy atom. The van der Waals surface area contributed by atoms with Crippen LogP contribution in [0.25, 0.3) is 0 Å². The predicted molar refractivity (Wildman–Crippen MR) is 88.8 cm³/mol. The average Bonchev–Trinajstić information content (AvgIpc) is 2.48. The van der Waals surface area contributed by atoms with Crippen LogP contribution in [-0.2, 0) is 4.79 Å². The lowest BCUT2D eigenvalue weighted by molar-refractivity contribution is -0.104. The van der Waals surface area contributed by atoms with Crippen LogP contribution in [0.1, 0.15) is 0 Å². The number of hydrogen-bond donors (Lipinski definition) is 1. The van der Waals surface area contributed by atoms with Gasteiger partial charge in [0.05, 0.1) is 0 Å². The predicted octanol–water partition coefficient (Wildman–Crippen LogP) is 4.78. The lowest BCUT2D eigenvalue weighted by Crippen LogP contribution is -1.87. The Morgan fingerprint density at radius 3 is 1.55 bits per heavy atom. The quantitative estimate of drug-likeness (QED) is 0.498. The molecule has 0 radical (unpaired) electrons. The molecule has 0 unspecified atom stereocenters. The summed E-state index contributed by atoms with van der Waals surface area (Å²) in [4.78, 5) is 9.43. The Kier molecular flexibility index (Phi) is 10.4. The molecule has 0 bridgehead atoms. The molecule has 0 spiro atoms. The third kappa shape index (κ3) is 7.90. The molecule has 20 heavy (non-hydrogen) atoms. The number of para-hydroxylation sites is 2. The number of aldehydes is 1. The monoisotopic (exact) mass is 287 g/mol. The minimum absolute atomic E-state index is 0. The zero-order valence-corrected chi connectivity index (χ0v) is 11.9. The van der Waals surface area contributed by atoms with Crippen LogP contribution >= 0.6 is 12.4 Å². The number of benzene rings is 2. The minimum Gasteiger partial charge on any atom is -0.356 e. The number of hydrogen-bond acceptors (Lipinski definition) is 2. The summed E-state index contributed by atoms with van der Waals surface area (Å²) in [6.07, 6.45) is 5.22. The van der Waals surface area contributed by atoms with Gasteiger partial charge in [0, 0.05) is 11.4 Å². The number of carbonyl (C=O) groups is 1. The molecule has 0 atom stereocenters. The second kappa shape index (κ2) is 11.8. The normalized spacial score (nSPS) is 8.80. The Hall–Kier alpha value is -2.32. The molecule has 2 nitrogen and oxygen atoms in total. The average molecular weight is 288 g/mol. The van der Waals surface area contributed by atoms with Gasteiger partial charge in [-0.2, -0.15) is 0 Å². The van der Waals surface area contributed by atoms with Gasteiger partial charge >= 0.3 is 0 Å². The van der Waals surface area contributed by atoms with E-state index in [0.29, 0.717) is 6.29 Å². The molecule has 0 aromatic heterocycles. The lowest BCUT2D eigenvalue weighted by atomic mass is 10.3. The first-order valence-electron chi connectivity index (χ1n) is 5.97. The molecule has 2 aromatic rings. The SMILES string of the molecule is C=CC=CC=O.Cl.c1ccc(Nc2ccccc2)cc1. The Labute approximate surface area is 126 Å². The van der Waals surface area contributed by atoms with E-state index in [4.69, 9.17) is 0 Å². The Morgan fingerprint density at radius 2 is 1.25 bits per heavy atom. The summed E-state index contributed by atoms with van der Waals surface area (Å²) in [5.74, 6) is 0. The second-order valence-corrected chi connectivity index (χ2v) is 3.61. The molecule has 1 N–H and O–H groups in total. The van der Waals surface area contributed by atoms with Gasteiger partial charge in [-0.25, -0.2) is 0 Å². The maximum Gasteiger partial charge on any atom is 0.142 e. The third-order valence-corrected chi connectivity index (χ3v) is 2.16. The summed E-state index contributed by atoms with van der Waals surface area (Å²) >= 11 is 0. The van der Waals surface area contributed by atoms with E-state index in [1.54, 1.807) is 12.2 Å². The largest absolute Gasteiger partial charge is 0.356 e. The number of allylic oxidation sites excluding steroid dienone is 3. The molecular weight excluding hydrogens is 270 g/mol. The highest BCUT2D eigenvalue weighted by Crippen LogP contribution is 2.14. The summed E-state index contributed by atoms with van der Waals surface area (Å²) in [5, 5.41) is 3.30. The van der Waals surface area contributed by atoms with Crippen LogP contribution in [0.5, 0.6) is 0 Å². The van der Waals surface area contributed by atoms with E-state index in [2.05, 4.69) is 11.9 Å². The molecule has 2 rings (SSSR count). The molecule has 0 saturated carbocycles. The summed E-state index contributed by atoms with van der Waals surface area (Å²) in [7, 11) is 0. The molecule has 0 heterocycles. The van der Waals surface area contributed by atoms with Crippen LogP contribution in [-0.4, -0.2) is 6.29 Å². The van der Waals surface area contributed by atoms with Crippen LogP contribution in [0.4, 0.5) is 11.4 Å². The van der Waals surface area contributed by atoms with E-state index in [0.717, 1.165) is 11.4 Å². The molecule has 0 amide bonds. The summed E-state index contributed by atoms with van der Waals surface area (Å²) in [5.41, 5.74) is 2.24. The van der Waals surface area contributed by atoms with Crippen molar-refractivity contribution in [3.05, 3.63) is 85.5 Å². The molecule has 2 aromatic carbocycles. The van der Waals surface area contributed by atoms with E-state index in [1.807, 2.05) is 60.7 Å². The van der Waals surface area contributed by atoms with Crippen LogP contribution in [0.15, 0.2) is 85.5 Å². The molecule has 0 aliphatic carbocycles. The van der Waals surface area contributed by atoms with Crippen LogP contribution in [0.3, 0.4) is 0 Å². The second-order valence-electron chi connectivity index (χ2n) is 3.61. The number of anilines is 2. The van der Waals surface area contributed by atoms with E-state index in [9.17, 15) is 4.79 Å². The van der Waals surface area contributed by atoms with Crippen molar-refractivity contribution in [2.24, 2.45) is 0 Å². The van der Waals surface area contributed by atoms with Crippen molar-refractivity contribution in [3.63, 3.8) is 0 Å². The fourth-order valence-electron chi connectivity index (χ4n) is 1.33. The van der Waals surface area contributed by atoms with Gasteiger partial charge < -0.3 is 5.32 Å². The highest BCUT2D eigenvalue weighted by Gasteiger charge is 1.89. The summed E-state index contributed by atoms with van der Waals surface area (Å²) in [6, 6.07) is 20.3. The fraction of sp³-hybridized carbons (Fsp3) is 0. The van der Waals surface area contributed by atoms with Gasteiger partial charge in [-0.1, -0.05) is 55.1 Å². The van der Waals surface area contributed by atoms with Crippen molar-refractivity contribution in [2.75, 3.05) is 5.32 Å². The number of rotatable bonds is 4. The van der Waals surface area contributed by atoms with Crippen LogP contribution in [0, 0.1) is 0 Å². The Bertz CT molecular complexity index is 462. The number of nitrogens with one attached hydrogen (secondary N) is 1. The van der Waals surface area contributed by atoms with Gasteiger partial charge in [-0.05, 0) is 30.3 Å². The van der Waals surface area contributed by atoms with Gasteiger partial charge in [0.2, 0.25) is 0 Å². The molecule has 0 saturated heterocycles. The number of halogens is 1. The highest BCUT2D eigenvalue weighted by molar-refractivity contribution is 5.85. The topological polar surface area (TPSA) is 29.1 Å². The zero-order valence-electron chi connectivity index (χ0n) is 11.1. The van der Waals surface area contributed by atoms with Gasteiger partial charge in [0.25, 0.3) is 0 Å². The first-order valence-corrected chi connectivity index (χ1v) is 5.97. The van der Waals surface area contributed by atoms with Gasteiger partial charge in [-0.3, -0.25) is 4.79 Å². The molecular formula is C17H18ClNO. The van der Waals surface area contributed by atoms with Crippen molar-refractivity contribution in [1.29, 1.82) is 0 Å². The fourth-order valence-corrected chi connectivity index (χ4v) is 1.33. The number of carbonyl (C=O) groups excluding carboxylic acids is 1. The highest BCUT2D eigenvalue weighted by atomic mass is 35.5. The van der Waals surface area contributed by atoms with Crippen molar-refractivity contribution in [2.45, 2.75) is 0 Å². The van der Waals surface area contributed by atoms with Crippen molar-refractivity contribution in [1.82, 2.24) is 0 Å². The summed E-state index contributed by atoms with van der Waals surface area (Å²) < 4.78 is 0. The lowest BCUT2D eigenvalue weighted by Gasteiger charge is -2.04. The smallest absolute Gasteiger partial charge is 0.142 e. The van der Waals surface area contributed by atoms with Crippen LogP contribution < -0.4 is 5.32 Å². The molecule has 0 aliphatic rings. The van der Waals surface area contributed by atoms with Crippen molar-refractivity contribution >= 4 is 30.1 Å². The molecule has 0 fully saturated rings. The van der Waals surface area contributed by atoms with Crippen molar-refractivity contribution < 1.29 is 4.79 Å². The minimum atomic E-state index is 0. The van der Waals surface area contributed by atoms with E-state index < -0.39 is 0 Å². The standard InChI is InChI=1S/C12H11N.C5H6O.ClH/c1-3-7-11(8-4-1)13-12-9-5-2-6-10-12;1-2-3-4-5-6;/h1-10,13H;2-5H,1H2;1H. The molecule has 3 heteroatoms. The van der Waals surface area contributed by atoms with Gasteiger partial charge in [0.15, 0.2) is 0 Å². The maximum atomic E-state index is 9.43. The summed E-state index contributed by atoms with van der Waals surface area (Å²) in [6.45, 7) is 3.35. The van der Waals surface area contributed by atoms with Gasteiger partial charge in [-0.15, -0.1) is 12.4 Å². The van der Waals surface area contributed by atoms with Crippen LogP contribution in [0.2, 0.25) is 0 Å². The van der Waals surface area contributed by atoms with Gasteiger partial charge in [0.1, 0.15) is 6.29 Å². The zero-order chi connectivity index (χ0) is 13.8. The van der Waals surface area contributed by atoms with E-state index >= 15 is 0 Å². The Balaban J connectivity index is 0.000000448. The third-order valence-electron chi connectivity index (χ3n) is 2.16. The maximum absolute atomic E-state index is 9.43. The van der Waals surface area contributed by atoms with E-state index in [1.165, 1.54) is 6.08 Å². The van der Waals surface area contributed by atoms with E-state index in [-0.39, 0.29) is 12.4 Å². The first-order chi connectivity index (χ1) is 9.36. The van der Waals surface area contributed by atoms with Crippen molar-refractivity contribution in [3.8, 4) is 0 Å². The molecule has 104 valence electrons. The molecule has 0 aliphatic heterocycles. The first kappa shape index (κ1) is 17.7.